The van der Waals surface area contributed by atoms with E-state index in [4.69, 9.17) is 16.0 Å². The van der Waals surface area contributed by atoms with E-state index in [1.54, 1.807) is 36.2 Å². The van der Waals surface area contributed by atoms with E-state index in [1.165, 1.54) is 0 Å². The first-order valence-corrected chi connectivity index (χ1v) is 10.5. The van der Waals surface area contributed by atoms with Crippen LogP contribution in [0.3, 0.4) is 0 Å². The van der Waals surface area contributed by atoms with Gasteiger partial charge in [0.15, 0.2) is 0 Å². The molecule has 30 heavy (non-hydrogen) atoms. The Morgan fingerprint density at radius 3 is 2.43 bits per heavy atom. The van der Waals surface area contributed by atoms with Gasteiger partial charge in [-0.25, -0.2) is 0 Å². The van der Waals surface area contributed by atoms with Gasteiger partial charge in [-0.15, -0.1) is 0 Å². The van der Waals surface area contributed by atoms with Gasteiger partial charge in [0, 0.05) is 31.0 Å². The molecule has 0 bridgehead atoms. The first-order valence-electron chi connectivity index (χ1n) is 10.1. The largest absolute Gasteiger partial charge is 0.461 e. The van der Waals surface area contributed by atoms with Crippen molar-refractivity contribution in [3.63, 3.8) is 0 Å². The zero-order chi connectivity index (χ0) is 21.8. The summed E-state index contributed by atoms with van der Waals surface area (Å²) in [5, 5.41) is 4.23. The van der Waals surface area contributed by atoms with E-state index in [1.807, 2.05) is 45.0 Å². The third-order valence-electron chi connectivity index (χ3n) is 5.21. The average molecular weight is 427 g/mol. The summed E-state index contributed by atoms with van der Waals surface area (Å²) in [5.41, 5.74) is 2.18. The Bertz CT molecular complexity index is 1060. The molecule has 1 N–H and O–H groups in total. The summed E-state index contributed by atoms with van der Waals surface area (Å²) in [5.74, 6) is 0.275. The Kier molecular flexibility index (Phi) is 6.83. The maximum atomic E-state index is 13.2. The van der Waals surface area contributed by atoms with E-state index in [0.29, 0.717) is 17.1 Å². The molecule has 6 heteroatoms. The predicted octanol–water partition coefficient (Wildman–Crippen LogP) is 5.06. The number of likely N-dealkylation sites (N-methyl/N-ethyl adjacent to an activating group) is 1. The van der Waals surface area contributed by atoms with Crippen LogP contribution >= 0.6 is 11.6 Å². The van der Waals surface area contributed by atoms with Crippen molar-refractivity contribution in [2.75, 3.05) is 7.05 Å². The number of nitrogens with zero attached hydrogens (tertiary/aromatic N) is 1. The van der Waals surface area contributed by atoms with Crippen LogP contribution in [-0.4, -0.2) is 29.8 Å². The van der Waals surface area contributed by atoms with Crippen molar-refractivity contribution < 1.29 is 14.0 Å². The maximum absolute atomic E-state index is 13.2. The van der Waals surface area contributed by atoms with Crippen LogP contribution in [0.5, 0.6) is 0 Å². The van der Waals surface area contributed by atoms with Crippen LogP contribution in [0.2, 0.25) is 5.02 Å². The topological polar surface area (TPSA) is 62.6 Å². The molecule has 1 atom stereocenters. The van der Waals surface area contributed by atoms with Gasteiger partial charge >= 0.3 is 0 Å². The summed E-state index contributed by atoms with van der Waals surface area (Å²) in [6, 6.07) is 14.0. The first kappa shape index (κ1) is 21.9. The summed E-state index contributed by atoms with van der Waals surface area (Å²) in [4.78, 5) is 27.6. The molecule has 2 amide bonds. The standard InChI is InChI=1S/C24H27ClN2O3/c1-5-20-18(16-10-7-9-13-21(16)30-20)14-27(4)24(29)22(15(2)3)26-23(28)17-11-6-8-12-19(17)25/h6-13,15,22H,5,14H2,1-4H3,(H,26,28)/t22-/m0/s1. The van der Waals surface area contributed by atoms with Crippen LogP contribution < -0.4 is 5.32 Å². The lowest BCUT2D eigenvalue weighted by Gasteiger charge is -2.27. The highest BCUT2D eigenvalue weighted by Crippen LogP contribution is 2.27. The molecule has 3 rings (SSSR count). The monoisotopic (exact) mass is 426 g/mol. The van der Waals surface area contributed by atoms with Gasteiger partial charge in [-0.3, -0.25) is 9.59 Å². The minimum atomic E-state index is -0.665. The normalized spacial score (nSPS) is 12.2. The summed E-state index contributed by atoms with van der Waals surface area (Å²) in [6.45, 7) is 6.26. The second-order valence-corrected chi connectivity index (χ2v) is 8.13. The molecule has 0 fully saturated rings. The molecular weight excluding hydrogens is 400 g/mol. The number of carbonyl (C=O) groups is 2. The molecule has 158 valence electrons. The van der Waals surface area contributed by atoms with Crippen LogP contribution in [-0.2, 0) is 17.8 Å². The van der Waals surface area contributed by atoms with Crippen molar-refractivity contribution >= 4 is 34.4 Å². The van der Waals surface area contributed by atoms with Crippen LogP contribution in [0.25, 0.3) is 11.0 Å². The Hall–Kier alpha value is -2.79. The van der Waals surface area contributed by atoms with E-state index < -0.39 is 6.04 Å². The molecule has 0 aliphatic rings. The molecule has 1 aromatic heterocycles. The smallest absolute Gasteiger partial charge is 0.253 e. The Morgan fingerprint density at radius 1 is 1.10 bits per heavy atom. The number of rotatable bonds is 7. The highest BCUT2D eigenvalue weighted by Gasteiger charge is 2.29. The number of nitrogens with one attached hydrogen (secondary N) is 1. The number of aryl methyl sites for hydroxylation is 1. The number of fused-ring (bicyclic) bond motifs is 1. The number of amides is 2. The number of carbonyl (C=O) groups excluding carboxylic acids is 2. The van der Waals surface area contributed by atoms with Crippen molar-refractivity contribution in [2.45, 2.75) is 39.8 Å². The second kappa shape index (κ2) is 9.35. The molecule has 5 nitrogen and oxygen atoms in total. The molecule has 0 saturated heterocycles. The Morgan fingerprint density at radius 2 is 1.77 bits per heavy atom. The summed E-state index contributed by atoms with van der Waals surface area (Å²) < 4.78 is 5.95. The van der Waals surface area contributed by atoms with Crippen molar-refractivity contribution in [1.29, 1.82) is 0 Å². The van der Waals surface area contributed by atoms with Crippen LogP contribution in [0, 0.1) is 5.92 Å². The highest BCUT2D eigenvalue weighted by molar-refractivity contribution is 6.33. The average Bonchev–Trinajstić information content (AvgIpc) is 3.09. The van der Waals surface area contributed by atoms with Gasteiger partial charge in [0.25, 0.3) is 5.91 Å². The van der Waals surface area contributed by atoms with Crippen LogP contribution in [0.1, 0.15) is 42.5 Å². The molecule has 0 radical (unpaired) electrons. The van der Waals surface area contributed by atoms with Crippen molar-refractivity contribution in [3.05, 3.63) is 70.4 Å². The number of para-hydroxylation sites is 1. The number of benzene rings is 2. The fraction of sp³-hybridized carbons (Fsp3) is 0.333. The van der Waals surface area contributed by atoms with Gasteiger partial charge in [0.05, 0.1) is 10.6 Å². The summed E-state index contributed by atoms with van der Waals surface area (Å²) in [7, 11) is 1.75. The lowest BCUT2D eigenvalue weighted by Crippen LogP contribution is -2.50. The minimum Gasteiger partial charge on any atom is -0.461 e. The predicted molar refractivity (Wildman–Crippen MR) is 120 cm³/mol. The first-order chi connectivity index (χ1) is 14.3. The maximum Gasteiger partial charge on any atom is 0.253 e. The van der Waals surface area contributed by atoms with Crippen molar-refractivity contribution in [2.24, 2.45) is 5.92 Å². The van der Waals surface area contributed by atoms with Gasteiger partial charge in [0.2, 0.25) is 5.91 Å². The third-order valence-corrected chi connectivity index (χ3v) is 5.54. The molecule has 2 aromatic carbocycles. The lowest BCUT2D eigenvalue weighted by molar-refractivity contribution is -0.133. The fourth-order valence-corrected chi connectivity index (χ4v) is 3.76. The SMILES string of the molecule is CCc1oc2ccccc2c1CN(C)C(=O)[C@@H](NC(=O)c1ccccc1Cl)C(C)C. The number of hydrogen-bond donors (Lipinski definition) is 1. The van der Waals surface area contributed by atoms with Crippen molar-refractivity contribution in [3.8, 4) is 0 Å². The second-order valence-electron chi connectivity index (χ2n) is 7.72. The zero-order valence-electron chi connectivity index (χ0n) is 17.7. The molecule has 0 aliphatic heterocycles. The van der Waals surface area contributed by atoms with E-state index in [2.05, 4.69) is 5.32 Å². The molecule has 1 heterocycles. The molecule has 0 spiro atoms. The Labute approximate surface area is 182 Å². The van der Waals surface area contributed by atoms with Gasteiger partial charge in [-0.05, 0) is 24.1 Å². The van der Waals surface area contributed by atoms with Crippen LogP contribution in [0.15, 0.2) is 52.9 Å². The van der Waals surface area contributed by atoms with Gasteiger partial charge in [-0.1, -0.05) is 62.7 Å². The van der Waals surface area contributed by atoms with Gasteiger partial charge in [0.1, 0.15) is 17.4 Å². The highest BCUT2D eigenvalue weighted by atomic mass is 35.5. The van der Waals surface area contributed by atoms with Gasteiger partial charge < -0.3 is 14.6 Å². The number of halogens is 1. The van der Waals surface area contributed by atoms with E-state index in [0.717, 1.165) is 28.7 Å². The van der Waals surface area contributed by atoms with E-state index in [9.17, 15) is 9.59 Å². The molecular formula is C24H27ClN2O3. The zero-order valence-corrected chi connectivity index (χ0v) is 18.5. The fourth-order valence-electron chi connectivity index (χ4n) is 3.54. The van der Waals surface area contributed by atoms with E-state index in [-0.39, 0.29) is 17.7 Å². The summed E-state index contributed by atoms with van der Waals surface area (Å²) in [6.07, 6.45) is 0.739. The van der Waals surface area contributed by atoms with Gasteiger partial charge in [-0.2, -0.15) is 0 Å². The lowest BCUT2D eigenvalue weighted by atomic mass is 10.0. The van der Waals surface area contributed by atoms with Crippen LogP contribution in [0.4, 0.5) is 0 Å². The third kappa shape index (κ3) is 4.51. The Balaban J connectivity index is 1.81. The molecule has 0 aliphatic carbocycles. The molecule has 3 aromatic rings. The summed E-state index contributed by atoms with van der Waals surface area (Å²) >= 11 is 6.14. The molecule has 0 saturated carbocycles. The van der Waals surface area contributed by atoms with Crippen molar-refractivity contribution in [1.82, 2.24) is 10.2 Å². The minimum absolute atomic E-state index is 0.0851. The molecule has 0 unspecified atom stereocenters. The van der Waals surface area contributed by atoms with E-state index >= 15 is 0 Å². The number of furan rings is 1. The quantitative estimate of drug-likeness (QED) is 0.574. The number of hydrogen-bond acceptors (Lipinski definition) is 3.